The van der Waals surface area contributed by atoms with Crippen LogP contribution in [0.5, 0.6) is 0 Å². The molecule has 3 aliphatic rings. The van der Waals surface area contributed by atoms with Crippen LogP contribution in [0.25, 0.3) is 0 Å². The first kappa shape index (κ1) is 18.5. The average Bonchev–Trinajstić information content (AvgIpc) is 2.98. The number of nitrogens with one attached hydrogen (secondary N) is 1. The molecule has 1 aromatic rings. The molecule has 2 saturated heterocycles. The van der Waals surface area contributed by atoms with Crippen molar-refractivity contribution in [3.63, 3.8) is 0 Å². The Kier molecular flexibility index (Phi) is 4.82. The molecule has 2 heterocycles. The zero-order valence-corrected chi connectivity index (χ0v) is 15.8. The molecule has 0 aromatic heterocycles. The van der Waals surface area contributed by atoms with E-state index in [-0.39, 0.29) is 24.8 Å². The zero-order valence-electron chi connectivity index (χ0n) is 15.8. The smallest absolute Gasteiger partial charge is 0.414 e. The minimum Gasteiger partial charge on any atom is -0.442 e. The van der Waals surface area contributed by atoms with Crippen LogP contribution in [0.15, 0.2) is 23.4 Å². The minimum atomic E-state index is -0.537. The van der Waals surface area contributed by atoms with Gasteiger partial charge in [0.15, 0.2) is 0 Å². The topological polar surface area (TPSA) is 83.5 Å². The summed E-state index contributed by atoms with van der Waals surface area (Å²) in [6, 6.07) is 4.81. The Balaban J connectivity index is 1.39. The monoisotopic (exact) mass is 390 g/mol. The standard InChI is InChI=1S/C19H23FN4O4/c1-11(25)21-6-13-8-24(19(26)28-13)12-3-4-18(17(20)5-12)23-9-15-14(7-22-27-2)16(15)10-23/h3-5,7,13-16H,6,8-10H2,1-2H3,(H,21,25)/b22-7+/t13-,14?,15-,16+/m0/s1. The number of nitrogens with zero attached hydrogens (tertiary/aromatic N) is 3. The molecule has 1 aromatic carbocycles. The molecule has 2 aliphatic heterocycles. The van der Waals surface area contributed by atoms with Crippen molar-refractivity contribution in [1.29, 1.82) is 0 Å². The third kappa shape index (κ3) is 3.48. The first-order valence-electron chi connectivity index (χ1n) is 9.31. The molecule has 2 amide bonds. The van der Waals surface area contributed by atoms with E-state index in [2.05, 4.69) is 10.5 Å². The second kappa shape index (κ2) is 7.29. The van der Waals surface area contributed by atoms with E-state index in [9.17, 15) is 14.0 Å². The van der Waals surface area contributed by atoms with Crippen LogP contribution >= 0.6 is 0 Å². The molecule has 1 unspecified atom stereocenters. The maximum atomic E-state index is 14.8. The van der Waals surface area contributed by atoms with Gasteiger partial charge in [-0.2, -0.15) is 0 Å². The lowest BCUT2D eigenvalue weighted by Gasteiger charge is -2.23. The van der Waals surface area contributed by atoms with Crippen LogP contribution in [-0.2, 0) is 14.4 Å². The van der Waals surface area contributed by atoms with E-state index >= 15 is 0 Å². The molecular formula is C19H23FN4O4. The highest BCUT2D eigenvalue weighted by Gasteiger charge is 2.55. The van der Waals surface area contributed by atoms with E-state index in [1.54, 1.807) is 12.1 Å². The van der Waals surface area contributed by atoms with E-state index in [4.69, 9.17) is 9.57 Å². The maximum absolute atomic E-state index is 14.8. The van der Waals surface area contributed by atoms with Crippen molar-refractivity contribution in [3.8, 4) is 0 Å². The van der Waals surface area contributed by atoms with Gasteiger partial charge in [0.2, 0.25) is 5.91 Å². The number of oxime groups is 1. The molecular weight excluding hydrogens is 367 g/mol. The molecule has 1 N–H and O–H groups in total. The third-order valence-electron chi connectivity index (χ3n) is 5.64. The second-order valence-corrected chi connectivity index (χ2v) is 7.44. The number of hydrogen-bond acceptors (Lipinski definition) is 6. The van der Waals surface area contributed by atoms with Gasteiger partial charge in [-0.3, -0.25) is 9.69 Å². The van der Waals surface area contributed by atoms with Crippen LogP contribution in [0.1, 0.15) is 6.92 Å². The first-order valence-corrected chi connectivity index (χ1v) is 9.31. The number of fused-ring (bicyclic) bond motifs is 1. The number of ether oxygens (including phenoxy) is 1. The van der Waals surface area contributed by atoms with Crippen molar-refractivity contribution >= 4 is 29.6 Å². The van der Waals surface area contributed by atoms with Gasteiger partial charge in [0.25, 0.3) is 0 Å². The zero-order chi connectivity index (χ0) is 19.8. The molecule has 8 nitrogen and oxygen atoms in total. The highest BCUT2D eigenvalue weighted by atomic mass is 19.1. The van der Waals surface area contributed by atoms with E-state index < -0.39 is 12.2 Å². The van der Waals surface area contributed by atoms with Crippen molar-refractivity contribution in [1.82, 2.24) is 5.32 Å². The number of halogens is 1. The molecule has 0 bridgehead atoms. The Labute approximate surface area is 162 Å². The number of hydrogen-bond donors (Lipinski definition) is 1. The normalized spacial score (nSPS) is 28.5. The molecule has 150 valence electrons. The van der Waals surface area contributed by atoms with E-state index in [1.807, 2.05) is 11.1 Å². The molecule has 3 fully saturated rings. The second-order valence-electron chi connectivity index (χ2n) is 7.44. The van der Waals surface area contributed by atoms with E-state index in [0.29, 0.717) is 29.1 Å². The molecule has 9 heteroatoms. The third-order valence-corrected chi connectivity index (χ3v) is 5.64. The van der Waals surface area contributed by atoms with Crippen molar-refractivity contribution < 1.29 is 23.6 Å². The maximum Gasteiger partial charge on any atom is 0.414 e. The fourth-order valence-electron chi connectivity index (χ4n) is 4.14. The number of carbonyl (C=O) groups excluding carboxylic acids is 2. The average molecular weight is 390 g/mol. The van der Waals surface area contributed by atoms with Crippen molar-refractivity contribution in [3.05, 3.63) is 24.0 Å². The molecule has 0 spiro atoms. The molecule has 1 aliphatic carbocycles. The largest absolute Gasteiger partial charge is 0.442 e. The van der Waals surface area contributed by atoms with Gasteiger partial charge < -0.3 is 19.8 Å². The summed E-state index contributed by atoms with van der Waals surface area (Å²) in [5.74, 6) is 0.837. The highest BCUT2D eigenvalue weighted by molar-refractivity contribution is 5.90. The number of rotatable bonds is 6. The number of carbonyl (C=O) groups is 2. The summed E-state index contributed by atoms with van der Waals surface area (Å²) < 4.78 is 20.0. The highest BCUT2D eigenvalue weighted by Crippen LogP contribution is 2.51. The minimum absolute atomic E-state index is 0.190. The number of cyclic esters (lactones) is 1. The van der Waals surface area contributed by atoms with Gasteiger partial charge in [-0.15, -0.1) is 0 Å². The predicted molar refractivity (Wildman–Crippen MR) is 101 cm³/mol. The Morgan fingerprint density at radius 3 is 2.79 bits per heavy atom. The van der Waals surface area contributed by atoms with Crippen molar-refractivity contribution in [2.75, 3.05) is 43.1 Å². The van der Waals surface area contributed by atoms with Gasteiger partial charge in [-0.05, 0) is 30.0 Å². The summed E-state index contributed by atoms with van der Waals surface area (Å²) in [4.78, 5) is 31.2. The summed E-state index contributed by atoms with van der Waals surface area (Å²) in [5.41, 5.74) is 0.992. The molecule has 4 atom stereocenters. The number of anilines is 2. The summed E-state index contributed by atoms with van der Waals surface area (Å²) in [5, 5.41) is 6.45. The fraction of sp³-hybridized carbons (Fsp3) is 0.526. The Morgan fingerprint density at radius 1 is 1.39 bits per heavy atom. The predicted octanol–water partition coefficient (Wildman–Crippen LogP) is 1.60. The SMILES string of the molecule is CO/N=C/C1[C@H]2CN(c3ccc(N4C[C@H](CNC(C)=O)OC4=O)cc3F)C[C@@H]12. The van der Waals surface area contributed by atoms with Gasteiger partial charge >= 0.3 is 6.09 Å². The van der Waals surface area contributed by atoms with Crippen LogP contribution in [0.3, 0.4) is 0 Å². The van der Waals surface area contributed by atoms with Crippen LogP contribution < -0.4 is 15.1 Å². The van der Waals surface area contributed by atoms with Crippen molar-refractivity contribution in [2.24, 2.45) is 22.9 Å². The quantitative estimate of drug-likeness (QED) is 0.589. The van der Waals surface area contributed by atoms with Crippen LogP contribution in [0.4, 0.5) is 20.6 Å². The summed E-state index contributed by atoms with van der Waals surface area (Å²) >= 11 is 0. The van der Waals surface area contributed by atoms with E-state index in [0.717, 1.165) is 13.1 Å². The summed E-state index contributed by atoms with van der Waals surface area (Å²) in [7, 11) is 1.52. The Bertz CT molecular complexity index is 805. The molecule has 0 radical (unpaired) electrons. The first-order chi connectivity index (χ1) is 13.5. The Hall–Kier alpha value is -2.84. The van der Waals surface area contributed by atoms with Gasteiger partial charge in [-0.1, -0.05) is 5.16 Å². The van der Waals surface area contributed by atoms with Crippen LogP contribution in [0.2, 0.25) is 0 Å². The van der Waals surface area contributed by atoms with Gasteiger partial charge in [0.05, 0.1) is 24.5 Å². The molecule has 4 rings (SSSR count). The van der Waals surface area contributed by atoms with Crippen LogP contribution in [-0.4, -0.2) is 57.6 Å². The number of benzene rings is 1. The molecule has 1 saturated carbocycles. The van der Waals surface area contributed by atoms with Crippen LogP contribution in [0, 0.1) is 23.6 Å². The number of piperidine rings is 1. The van der Waals surface area contributed by atoms with Gasteiger partial charge in [-0.25, -0.2) is 9.18 Å². The lowest BCUT2D eigenvalue weighted by Crippen LogP contribution is -2.33. The Morgan fingerprint density at radius 2 is 2.14 bits per heavy atom. The number of amides is 2. The van der Waals surface area contributed by atoms with E-state index in [1.165, 1.54) is 25.0 Å². The molecule has 28 heavy (non-hydrogen) atoms. The summed E-state index contributed by atoms with van der Waals surface area (Å²) in [6.07, 6.45) is 0.850. The fourth-order valence-corrected chi connectivity index (χ4v) is 4.14. The lowest BCUT2D eigenvalue weighted by atomic mass is 10.2. The van der Waals surface area contributed by atoms with Gasteiger partial charge in [0, 0.05) is 32.1 Å². The summed E-state index contributed by atoms with van der Waals surface area (Å²) in [6.45, 7) is 3.48. The van der Waals surface area contributed by atoms with Gasteiger partial charge in [0.1, 0.15) is 19.0 Å². The van der Waals surface area contributed by atoms with Crippen molar-refractivity contribution in [2.45, 2.75) is 13.0 Å². The lowest BCUT2D eigenvalue weighted by molar-refractivity contribution is -0.119.